The average molecular weight is 354 g/mol. The lowest BCUT2D eigenvalue weighted by molar-refractivity contribution is 0.419. The van der Waals surface area contributed by atoms with Gasteiger partial charge < -0.3 is 16.0 Å². The molecule has 0 amide bonds. The zero-order valence-corrected chi connectivity index (χ0v) is 15.5. The van der Waals surface area contributed by atoms with Crippen LogP contribution >= 0.6 is 0 Å². The number of nitrogens with zero attached hydrogens (tertiary/aromatic N) is 1. The van der Waals surface area contributed by atoms with Gasteiger partial charge in [0.15, 0.2) is 0 Å². The molecule has 2 aromatic rings. The summed E-state index contributed by atoms with van der Waals surface area (Å²) in [5.41, 5.74) is 2.86. The van der Waals surface area contributed by atoms with Crippen LogP contribution in [-0.4, -0.2) is 24.5 Å². The van der Waals surface area contributed by atoms with Crippen molar-refractivity contribution in [2.45, 2.75) is 38.8 Å². The van der Waals surface area contributed by atoms with Crippen LogP contribution < -0.4 is 16.0 Å². The molecule has 2 aromatic carbocycles. The van der Waals surface area contributed by atoms with Crippen LogP contribution in [0.1, 0.15) is 32.3 Å². The fraction of sp³-hybridized carbons (Fsp3) is 0.381. The van der Waals surface area contributed by atoms with E-state index in [4.69, 9.17) is 4.99 Å². The first-order chi connectivity index (χ1) is 12.8. The molecule has 0 unspecified atom stereocenters. The number of piperidine rings is 1. The average Bonchev–Trinajstić information content (AvgIpc) is 2.69. The van der Waals surface area contributed by atoms with E-state index in [1.165, 1.54) is 6.07 Å². The van der Waals surface area contributed by atoms with Gasteiger partial charge in [-0.2, -0.15) is 0 Å². The van der Waals surface area contributed by atoms with Gasteiger partial charge in [0.25, 0.3) is 0 Å². The van der Waals surface area contributed by atoms with E-state index in [0.717, 1.165) is 48.7 Å². The molecule has 3 N–H and O–H groups in total. The van der Waals surface area contributed by atoms with Crippen molar-refractivity contribution in [2.24, 2.45) is 4.99 Å². The summed E-state index contributed by atoms with van der Waals surface area (Å²) in [7, 11) is 0. The third-order valence-electron chi connectivity index (χ3n) is 4.77. The Kier molecular flexibility index (Phi) is 5.89. The second-order valence-corrected chi connectivity index (χ2v) is 6.42. The van der Waals surface area contributed by atoms with Crippen molar-refractivity contribution in [3.63, 3.8) is 0 Å². The SMILES string of the molecule is CC.Fc1cccc(CN=C2Nc3ccccc3NC23CCNCC3)c1. The number of rotatable bonds is 2. The van der Waals surface area contributed by atoms with E-state index >= 15 is 0 Å². The summed E-state index contributed by atoms with van der Waals surface area (Å²) >= 11 is 0. The first-order valence-electron chi connectivity index (χ1n) is 9.40. The minimum Gasteiger partial charge on any atom is -0.371 e. The van der Waals surface area contributed by atoms with Gasteiger partial charge in [0.05, 0.1) is 23.5 Å². The number of nitrogens with one attached hydrogen (secondary N) is 3. The molecule has 1 saturated heterocycles. The highest BCUT2D eigenvalue weighted by molar-refractivity contribution is 6.09. The maximum absolute atomic E-state index is 13.4. The zero-order valence-electron chi connectivity index (χ0n) is 15.5. The molecule has 4 rings (SSSR count). The molecule has 2 aliphatic heterocycles. The molecule has 2 aliphatic rings. The van der Waals surface area contributed by atoms with Crippen LogP contribution in [0.25, 0.3) is 0 Å². The smallest absolute Gasteiger partial charge is 0.127 e. The molecule has 0 atom stereocenters. The van der Waals surface area contributed by atoms with Crippen LogP contribution in [0.15, 0.2) is 53.5 Å². The number of halogens is 1. The first kappa shape index (κ1) is 18.4. The normalized spacial score (nSPS) is 19.0. The summed E-state index contributed by atoms with van der Waals surface area (Å²) in [5, 5.41) is 10.6. The minimum absolute atomic E-state index is 0.174. The van der Waals surface area contributed by atoms with Gasteiger partial charge in [0, 0.05) is 0 Å². The predicted molar refractivity (Wildman–Crippen MR) is 107 cm³/mol. The maximum Gasteiger partial charge on any atom is 0.127 e. The highest BCUT2D eigenvalue weighted by Crippen LogP contribution is 2.35. The topological polar surface area (TPSA) is 48.5 Å². The molecule has 0 saturated carbocycles. The molecule has 0 aromatic heterocycles. The second kappa shape index (κ2) is 8.32. The van der Waals surface area contributed by atoms with Gasteiger partial charge in [-0.3, -0.25) is 4.99 Å². The number of amidine groups is 1. The molecule has 0 radical (unpaired) electrons. The van der Waals surface area contributed by atoms with Crippen molar-refractivity contribution in [3.05, 3.63) is 59.9 Å². The molecule has 5 heteroatoms. The largest absolute Gasteiger partial charge is 0.371 e. The molecule has 4 nitrogen and oxygen atoms in total. The summed E-state index contributed by atoms with van der Waals surface area (Å²) in [6.07, 6.45) is 1.94. The van der Waals surface area contributed by atoms with E-state index in [9.17, 15) is 4.39 Å². The molecule has 2 heterocycles. The van der Waals surface area contributed by atoms with E-state index in [-0.39, 0.29) is 11.4 Å². The Labute approximate surface area is 154 Å². The molecule has 1 spiro atoms. The number of aliphatic imine (C=N–C) groups is 1. The second-order valence-electron chi connectivity index (χ2n) is 6.42. The summed E-state index contributed by atoms with van der Waals surface area (Å²) < 4.78 is 13.4. The summed E-state index contributed by atoms with van der Waals surface area (Å²) in [5.74, 6) is 0.733. The molecule has 0 bridgehead atoms. The number of para-hydroxylation sites is 2. The standard InChI is InChI=1S/C19H21FN4.C2H6/c20-15-5-3-4-14(12-15)13-22-18-19(8-10-21-11-9-19)24-17-7-2-1-6-16(17)23-18;1-2/h1-7,12,21,24H,8-11,13H2,(H,22,23);1-2H3. The van der Waals surface area contributed by atoms with Gasteiger partial charge in [-0.1, -0.05) is 38.1 Å². The minimum atomic E-state index is -0.218. The molecule has 138 valence electrons. The Balaban J connectivity index is 0.000000948. The third kappa shape index (κ3) is 3.88. The van der Waals surface area contributed by atoms with Gasteiger partial charge in [-0.25, -0.2) is 4.39 Å². The molecule has 26 heavy (non-hydrogen) atoms. The zero-order chi connectivity index (χ0) is 18.4. The Morgan fingerprint density at radius 1 is 1.00 bits per heavy atom. The van der Waals surface area contributed by atoms with Crippen LogP contribution in [0, 0.1) is 5.82 Å². The fourth-order valence-corrected chi connectivity index (χ4v) is 3.48. The van der Waals surface area contributed by atoms with E-state index in [2.05, 4.69) is 22.0 Å². The van der Waals surface area contributed by atoms with Gasteiger partial charge in [0.2, 0.25) is 0 Å². The number of anilines is 2. The van der Waals surface area contributed by atoms with E-state index in [1.807, 2.05) is 38.1 Å². The molecular weight excluding hydrogens is 327 g/mol. The van der Waals surface area contributed by atoms with Crippen molar-refractivity contribution in [1.29, 1.82) is 0 Å². The Morgan fingerprint density at radius 3 is 2.46 bits per heavy atom. The highest BCUT2D eigenvalue weighted by Gasteiger charge is 2.40. The lowest BCUT2D eigenvalue weighted by Crippen LogP contribution is -2.57. The van der Waals surface area contributed by atoms with E-state index in [0.29, 0.717) is 6.54 Å². The number of benzene rings is 2. The maximum atomic E-state index is 13.4. The van der Waals surface area contributed by atoms with Crippen molar-refractivity contribution in [2.75, 3.05) is 23.7 Å². The van der Waals surface area contributed by atoms with Gasteiger partial charge >= 0.3 is 0 Å². The number of hydrogen-bond acceptors (Lipinski definition) is 3. The van der Waals surface area contributed by atoms with Gasteiger partial charge in [-0.05, 0) is 55.8 Å². The van der Waals surface area contributed by atoms with Crippen LogP contribution in [0.5, 0.6) is 0 Å². The van der Waals surface area contributed by atoms with E-state index < -0.39 is 0 Å². The Hall–Kier alpha value is -2.40. The number of fused-ring (bicyclic) bond motifs is 1. The lowest BCUT2D eigenvalue weighted by Gasteiger charge is -2.44. The van der Waals surface area contributed by atoms with Crippen LogP contribution in [0.3, 0.4) is 0 Å². The summed E-state index contributed by atoms with van der Waals surface area (Å²) in [6, 6.07) is 14.8. The molecule has 1 fully saturated rings. The fourth-order valence-electron chi connectivity index (χ4n) is 3.48. The first-order valence-corrected chi connectivity index (χ1v) is 9.40. The Bertz CT molecular complexity index is 766. The van der Waals surface area contributed by atoms with E-state index in [1.54, 1.807) is 12.1 Å². The van der Waals surface area contributed by atoms with Crippen molar-refractivity contribution in [1.82, 2.24) is 5.32 Å². The van der Waals surface area contributed by atoms with Crippen LogP contribution in [0.2, 0.25) is 0 Å². The van der Waals surface area contributed by atoms with Crippen molar-refractivity contribution in [3.8, 4) is 0 Å². The van der Waals surface area contributed by atoms with Crippen molar-refractivity contribution < 1.29 is 4.39 Å². The van der Waals surface area contributed by atoms with Crippen LogP contribution in [-0.2, 0) is 6.54 Å². The third-order valence-corrected chi connectivity index (χ3v) is 4.77. The van der Waals surface area contributed by atoms with Gasteiger partial charge in [-0.15, -0.1) is 0 Å². The quantitative estimate of drug-likeness (QED) is 0.749. The predicted octanol–water partition coefficient (Wildman–Crippen LogP) is 4.41. The Morgan fingerprint density at radius 2 is 1.73 bits per heavy atom. The number of hydrogen-bond donors (Lipinski definition) is 3. The lowest BCUT2D eigenvalue weighted by atomic mass is 9.84. The van der Waals surface area contributed by atoms with Gasteiger partial charge in [0.1, 0.15) is 11.7 Å². The van der Waals surface area contributed by atoms with Crippen molar-refractivity contribution >= 4 is 17.2 Å². The summed E-state index contributed by atoms with van der Waals surface area (Å²) in [4.78, 5) is 4.82. The molecular formula is C21H27FN4. The highest BCUT2D eigenvalue weighted by atomic mass is 19.1. The summed E-state index contributed by atoms with van der Waals surface area (Å²) in [6.45, 7) is 6.38. The molecule has 0 aliphatic carbocycles. The van der Waals surface area contributed by atoms with Crippen LogP contribution in [0.4, 0.5) is 15.8 Å². The monoisotopic (exact) mass is 354 g/mol.